The fourth-order valence-corrected chi connectivity index (χ4v) is 3.76. The standard InChI is InChI=1S/C20H31NO3/c1-21-15-18(23)19(20(21)24)17(22)14-13-16-11-9-7-5-3-2-4-6-8-10-12-16/h13-14,16,19H,2-12,15H2,1H3. The lowest BCUT2D eigenvalue weighted by Crippen LogP contribution is -2.27. The second-order valence-corrected chi connectivity index (χ2v) is 7.37. The van der Waals surface area contributed by atoms with Crippen molar-refractivity contribution in [2.24, 2.45) is 11.8 Å². The number of allylic oxidation sites excluding steroid dienone is 2. The molecule has 1 aliphatic heterocycles. The molecule has 0 radical (unpaired) electrons. The molecule has 1 unspecified atom stereocenters. The molecule has 1 aliphatic carbocycles. The number of hydrogen-bond acceptors (Lipinski definition) is 3. The quantitative estimate of drug-likeness (QED) is 0.584. The van der Waals surface area contributed by atoms with Gasteiger partial charge in [-0.05, 0) is 24.8 Å². The van der Waals surface area contributed by atoms with Crippen molar-refractivity contribution in [3.63, 3.8) is 0 Å². The first-order chi connectivity index (χ1) is 11.6. The van der Waals surface area contributed by atoms with Crippen molar-refractivity contribution in [1.29, 1.82) is 0 Å². The molecule has 0 spiro atoms. The smallest absolute Gasteiger partial charge is 0.241 e. The zero-order chi connectivity index (χ0) is 17.4. The summed E-state index contributed by atoms with van der Waals surface area (Å²) in [5, 5.41) is 0. The van der Waals surface area contributed by atoms with Crippen LogP contribution < -0.4 is 0 Å². The van der Waals surface area contributed by atoms with Crippen LogP contribution in [-0.2, 0) is 14.4 Å². The van der Waals surface area contributed by atoms with Crippen molar-refractivity contribution in [1.82, 2.24) is 4.90 Å². The number of Topliss-reactive ketones (excluding diaryl/α,β-unsaturated/α-hetero) is 1. The van der Waals surface area contributed by atoms with Gasteiger partial charge in [0.05, 0.1) is 6.54 Å². The third-order valence-corrected chi connectivity index (χ3v) is 5.31. The molecule has 1 saturated heterocycles. The molecule has 24 heavy (non-hydrogen) atoms. The van der Waals surface area contributed by atoms with Gasteiger partial charge in [-0.25, -0.2) is 0 Å². The molecule has 2 aliphatic rings. The summed E-state index contributed by atoms with van der Waals surface area (Å²) in [6, 6.07) is 0. The normalized spacial score (nSPS) is 25.7. The summed E-state index contributed by atoms with van der Waals surface area (Å²) >= 11 is 0. The molecule has 0 aromatic carbocycles. The molecule has 134 valence electrons. The van der Waals surface area contributed by atoms with E-state index in [0.29, 0.717) is 5.92 Å². The Kier molecular flexibility index (Phi) is 7.67. The first-order valence-corrected chi connectivity index (χ1v) is 9.59. The summed E-state index contributed by atoms with van der Waals surface area (Å²) in [4.78, 5) is 37.4. The second kappa shape index (κ2) is 9.75. The van der Waals surface area contributed by atoms with E-state index in [1.165, 1.54) is 68.8 Å². The number of carbonyl (C=O) groups is 3. The summed E-state index contributed by atoms with van der Waals surface area (Å²) in [6.07, 6.45) is 17.3. The molecule has 0 bridgehead atoms. The predicted octanol–water partition coefficient (Wildman–Crippen LogP) is 3.69. The van der Waals surface area contributed by atoms with Crippen molar-refractivity contribution < 1.29 is 14.4 Å². The maximum absolute atomic E-state index is 12.3. The van der Waals surface area contributed by atoms with Crippen LogP contribution in [0.2, 0.25) is 0 Å². The Balaban J connectivity index is 1.90. The Morgan fingerprint density at radius 3 is 1.88 bits per heavy atom. The largest absolute Gasteiger partial charge is 0.337 e. The highest BCUT2D eigenvalue weighted by Crippen LogP contribution is 2.23. The van der Waals surface area contributed by atoms with Crippen LogP contribution in [0.5, 0.6) is 0 Å². The second-order valence-electron chi connectivity index (χ2n) is 7.37. The number of carbonyl (C=O) groups excluding carboxylic acids is 3. The van der Waals surface area contributed by atoms with Crippen LogP contribution in [0.15, 0.2) is 12.2 Å². The van der Waals surface area contributed by atoms with Gasteiger partial charge in [-0.1, -0.05) is 63.9 Å². The Morgan fingerprint density at radius 1 is 0.917 bits per heavy atom. The SMILES string of the molecule is CN1CC(=O)C(C(=O)C=CC2CCCCCCCCCCC2)C1=O. The zero-order valence-electron chi connectivity index (χ0n) is 15.0. The summed E-state index contributed by atoms with van der Waals surface area (Å²) in [7, 11) is 1.57. The van der Waals surface area contributed by atoms with E-state index < -0.39 is 5.92 Å². The van der Waals surface area contributed by atoms with Gasteiger partial charge < -0.3 is 4.90 Å². The minimum atomic E-state index is -1.09. The van der Waals surface area contributed by atoms with Crippen molar-refractivity contribution >= 4 is 17.5 Å². The number of nitrogens with zero attached hydrogens (tertiary/aromatic N) is 1. The lowest BCUT2D eigenvalue weighted by Gasteiger charge is -2.14. The number of likely N-dealkylation sites (tertiary alicyclic amines) is 1. The molecule has 4 heteroatoms. The van der Waals surface area contributed by atoms with Crippen LogP contribution in [0.4, 0.5) is 0 Å². The van der Waals surface area contributed by atoms with Crippen LogP contribution in [0, 0.1) is 11.8 Å². The lowest BCUT2D eigenvalue weighted by molar-refractivity contribution is -0.136. The topological polar surface area (TPSA) is 54.5 Å². The van der Waals surface area contributed by atoms with Gasteiger partial charge >= 0.3 is 0 Å². The number of rotatable bonds is 3. The van der Waals surface area contributed by atoms with E-state index in [2.05, 4.69) is 0 Å². The molecule has 2 fully saturated rings. The van der Waals surface area contributed by atoms with Crippen LogP contribution in [0.25, 0.3) is 0 Å². The van der Waals surface area contributed by atoms with Crippen molar-refractivity contribution in [3.05, 3.63) is 12.2 Å². The number of likely N-dealkylation sites (N-methyl/N-ethyl adjacent to an activating group) is 1. The minimum Gasteiger partial charge on any atom is -0.337 e. The van der Waals surface area contributed by atoms with E-state index in [-0.39, 0.29) is 24.0 Å². The molecule has 0 N–H and O–H groups in total. The number of hydrogen-bond donors (Lipinski definition) is 0. The molecule has 2 rings (SSSR count). The summed E-state index contributed by atoms with van der Waals surface area (Å²) in [6.45, 7) is 0.0620. The van der Waals surface area contributed by atoms with Gasteiger partial charge in [0, 0.05) is 7.05 Å². The Labute approximate surface area is 145 Å². The molecule has 4 nitrogen and oxygen atoms in total. The van der Waals surface area contributed by atoms with Crippen LogP contribution >= 0.6 is 0 Å². The van der Waals surface area contributed by atoms with Gasteiger partial charge in [-0.3, -0.25) is 14.4 Å². The highest BCUT2D eigenvalue weighted by Gasteiger charge is 2.41. The van der Waals surface area contributed by atoms with Gasteiger partial charge in [-0.2, -0.15) is 0 Å². The summed E-state index contributed by atoms with van der Waals surface area (Å²) in [5.41, 5.74) is 0. The van der Waals surface area contributed by atoms with E-state index in [1.54, 1.807) is 7.05 Å². The summed E-state index contributed by atoms with van der Waals surface area (Å²) < 4.78 is 0. The average molecular weight is 333 g/mol. The highest BCUT2D eigenvalue weighted by molar-refractivity contribution is 6.25. The van der Waals surface area contributed by atoms with Gasteiger partial charge in [0.1, 0.15) is 0 Å². The first kappa shape index (κ1) is 18.9. The van der Waals surface area contributed by atoms with E-state index in [9.17, 15) is 14.4 Å². The molecule has 1 heterocycles. The van der Waals surface area contributed by atoms with Crippen molar-refractivity contribution in [2.75, 3.05) is 13.6 Å². The predicted molar refractivity (Wildman–Crippen MR) is 94.6 cm³/mol. The van der Waals surface area contributed by atoms with E-state index in [1.807, 2.05) is 6.08 Å². The zero-order valence-corrected chi connectivity index (χ0v) is 15.0. The first-order valence-electron chi connectivity index (χ1n) is 9.59. The fourth-order valence-electron chi connectivity index (χ4n) is 3.76. The van der Waals surface area contributed by atoms with Gasteiger partial charge in [-0.15, -0.1) is 0 Å². The molecule has 1 atom stereocenters. The Bertz CT molecular complexity index is 471. The van der Waals surface area contributed by atoms with Crippen molar-refractivity contribution in [3.8, 4) is 0 Å². The minimum absolute atomic E-state index is 0.0620. The number of amides is 1. The molecule has 0 aromatic rings. The highest BCUT2D eigenvalue weighted by atomic mass is 16.2. The fraction of sp³-hybridized carbons (Fsp3) is 0.750. The van der Waals surface area contributed by atoms with Crippen LogP contribution in [0.1, 0.15) is 70.6 Å². The maximum Gasteiger partial charge on any atom is 0.241 e. The third kappa shape index (κ3) is 5.57. The van der Waals surface area contributed by atoms with E-state index >= 15 is 0 Å². The molecular weight excluding hydrogens is 302 g/mol. The third-order valence-electron chi connectivity index (χ3n) is 5.31. The lowest BCUT2D eigenvalue weighted by atomic mass is 9.91. The average Bonchev–Trinajstić information content (AvgIpc) is 2.79. The van der Waals surface area contributed by atoms with Crippen LogP contribution in [0.3, 0.4) is 0 Å². The molecular formula is C20H31NO3. The van der Waals surface area contributed by atoms with Gasteiger partial charge in [0.2, 0.25) is 5.91 Å². The Hall–Kier alpha value is -1.45. The molecule has 0 aromatic heterocycles. The van der Waals surface area contributed by atoms with Crippen molar-refractivity contribution in [2.45, 2.75) is 70.6 Å². The van der Waals surface area contributed by atoms with E-state index in [0.717, 1.165) is 12.8 Å². The number of ketones is 2. The monoisotopic (exact) mass is 333 g/mol. The maximum atomic E-state index is 12.3. The molecule has 1 saturated carbocycles. The van der Waals surface area contributed by atoms with Gasteiger partial charge in [0.15, 0.2) is 17.5 Å². The van der Waals surface area contributed by atoms with E-state index in [4.69, 9.17) is 0 Å². The molecule has 1 amide bonds. The van der Waals surface area contributed by atoms with Crippen LogP contribution in [-0.4, -0.2) is 36.0 Å². The Morgan fingerprint density at radius 2 is 1.42 bits per heavy atom. The van der Waals surface area contributed by atoms with Gasteiger partial charge in [0.25, 0.3) is 0 Å². The summed E-state index contributed by atoms with van der Waals surface area (Å²) in [5.74, 6) is -1.64.